The van der Waals surface area contributed by atoms with Crippen LogP contribution in [-0.4, -0.2) is 16.6 Å². The van der Waals surface area contributed by atoms with Gasteiger partial charge in [0.05, 0.1) is 21.5 Å². The lowest BCUT2D eigenvalue weighted by atomic mass is 10.1. The molecule has 0 unspecified atom stereocenters. The third-order valence-corrected chi connectivity index (χ3v) is 7.41. The van der Waals surface area contributed by atoms with Crippen LogP contribution < -0.4 is 5.32 Å². The number of nitrogens with one attached hydrogen (secondary N) is 1. The first-order chi connectivity index (χ1) is 13.3. The second-order valence-corrected chi connectivity index (χ2v) is 9.83. The van der Waals surface area contributed by atoms with E-state index in [2.05, 4.69) is 10.3 Å². The number of thiazole rings is 1. The summed E-state index contributed by atoms with van der Waals surface area (Å²) in [6.45, 7) is 1.95. The first-order valence-electron chi connectivity index (χ1n) is 8.10. The van der Waals surface area contributed by atoms with Crippen LogP contribution in [0.5, 0.6) is 0 Å². The molecule has 1 amide bonds. The van der Waals surface area contributed by atoms with Crippen LogP contribution in [0.3, 0.4) is 0 Å². The Bertz CT molecular complexity index is 1020. The normalized spacial score (nSPS) is 10.9. The molecular weight excluding hydrogens is 478 g/mol. The topological polar surface area (TPSA) is 42.0 Å². The molecule has 3 rings (SSSR count). The lowest BCUT2D eigenvalue weighted by Gasteiger charge is -2.05. The van der Waals surface area contributed by atoms with E-state index in [1.165, 1.54) is 11.8 Å². The maximum atomic E-state index is 12.2. The Morgan fingerprint density at radius 3 is 2.57 bits per heavy atom. The summed E-state index contributed by atoms with van der Waals surface area (Å²) >= 11 is 27.1. The summed E-state index contributed by atoms with van der Waals surface area (Å²) in [6, 6.07) is 10.4. The Hall–Kier alpha value is -0.950. The second kappa shape index (κ2) is 9.70. The second-order valence-electron chi connectivity index (χ2n) is 5.87. The molecule has 0 atom stereocenters. The molecule has 9 heteroatoms. The summed E-state index contributed by atoms with van der Waals surface area (Å²) < 4.78 is 0.829. The molecule has 0 aliphatic carbocycles. The van der Waals surface area contributed by atoms with Gasteiger partial charge in [0.15, 0.2) is 4.34 Å². The quantitative estimate of drug-likeness (QED) is 0.365. The van der Waals surface area contributed by atoms with E-state index in [4.69, 9.17) is 46.4 Å². The van der Waals surface area contributed by atoms with Crippen molar-refractivity contribution in [2.45, 2.75) is 17.7 Å². The monoisotopic (exact) mass is 490 g/mol. The van der Waals surface area contributed by atoms with Crippen LogP contribution in [0, 0.1) is 6.92 Å². The van der Waals surface area contributed by atoms with Gasteiger partial charge in [-0.2, -0.15) is 0 Å². The van der Waals surface area contributed by atoms with Crippen LogP contribution in [0.2, 0.25) is 20.1 Å². The molecule has 146 valence electrons. The molecule has 0 spiro atoms. The number of thioether (sulfide) groups is 1. The van der Waals surface area contributed by atoms with Crippen molar-refractivity contribution < 1.29 is 4.79 Å². The molecule has 0 fully saturated rings. The van der Waals surface area contributed by atoms with Gasteiger partial charge in [0, 0.05) is 27.0 Å². The number of carbonyl (C=O) groups excluding carboxylic acids is 1. The minimum Gasteiger partial charge on any atom is -0.325 e. The average molecular weight is 492 g/mol. The van der Waals surface area contributed by atoms with Gasteiger partial charge in [-0.3, -0.25) is 4.79 Å². The van der Waals surface area contributed by atoms with E-state index < -0.39 is 0 Å². The zero-order chi connectivity index (χ0) is 20.3. The Balaban J connectivity index is 1.61. The van der Waals surface area contributed by atoms with Gasteiger partial charge in [-0.05, 0) is 48.9 Å². The van der Waals surface area contributed by atoms with Gasteiger partial charge in [-0.15, -0.1) is 11.3 Å². The van der Waals surface area contributed by atoms with Crippen molar-refractivity contribution in [3.8, 4) is 0 Å². The smallest absolute Gasteiger partial charge is 0.234 e. The van der Waals surface area contributed by atoms with Gasteiger partial charge >= 0.3 is 0 Å². The first kappa shape index (κ1) is 21.8. The van der Waals surface area contributed by atoms with E-state index >= 15 is 0 Å². The maximum absolute atomic E-state index is 12.2. The molecule has 1 aromatic heterocycles. The largest absolute Gasteiger partial charge is 0.325 e. The van der Waals surface area contributed by atoms with Crippen molar-refractivity contribution in [3.63, 3.8) is 0 Å². The number of rotatable bonds is 6. The lowest BCUT2D eigenvalue weighted by Crippen LogP contribution is -2.13. The average Bonchev–Trinajstić information content (AvgIpc) is 2.99. The summed E-state index contributed by atoms with van der Waals surface area (Å²) in [5, 5.41) is 4.96. The maximum Gasteiger partial charge on any atom is 0.234 e. The van der Waals surface area contributed by atoms with Gasteiger partial charge in [-0.1, -0.05) is 58.2 Å². The highest BCUT2D eigenvalue weighted by Gasteiger charge is 2.13. The Kier molecular flexibility index (Phi) is 7.54. The van der Waals surface area contributed by atoms with Crippen LogP contribution in [0.25, 0.3) is 0 Å². The SMILES string of the molecule is Cc1nc(SCC(=O)Nc2ccc(Cl)c(Cl)c2)sc1Cc1cc(Cl)ccc1Cl. The van der Waals surface area contributed by atoms with Gasteiger partial charge in [0.25, 0.3) is 0 Å². The number of benzene rings is 2. The van der Waals surface area contributed by atoms with Crippen molar-refractivity contribution >= 4 is 81.1 Å². The molecule has 0 aliphatic rings. The molecule has 1 heterocycles. The molecule has 3 nitrogen and oxygen atoms in total. The third-order valence-electron chi connectivity index (χ3n) is 3.76. The van der Waals surface area contributed by atoms with E-state index in [-0.39, 0.29) is 11.7 Å². The zero-order valence-corrected chi connectivity index (χ0v) is 19.2. The first-order valence-corrected chi connectivity index (χ1v) is 11.4. The number of halogens is 4. The van der Waals surface area contributed by atoms with E-state index in [0.717, 1.165) is 20.5 Å². The Morgan fingerprint density at radius 2 is 1.82 bits per heavy atom. The minimum atomic E-state index is -0.143. The van der Waals surface area contributed by atoms with Crippen molar-refractivity contribution in [3.05, 3.63) is 72.6 Å². The van der Waals surface area contributed by atoms with Crippen LogP contribution in [-0.2, 0) is 11.2 Å². The van der Waals surface area contributed by atoms with Crippen LogP contribution in [0.15, 0.2) is 40.7 Å². The zero-order valence-electron chi connectivity index (χ0n) is 14.6. The summed E-state index contributed by atoms with van der Waals surface area (Å²) in [4.78, 5) is 17.8. The lowest BCUT2D eigenvalue weighted by molar-refractivity contribution is -0.113. The summed E-state index contributed by atoms with van der Waals surface area (Å²) in [5.41, 5.74) is 2.48. The number of anilines is 1. The Morgan fingerprint density at radius 1 is 1.07 bits per heavy atom. The van der Waals surface area contributed by atoms with E-state index in [0.29, 0.717) is 32.2 Å². The fourth-order valence-corrected chi connectivity index (χ4v) is 5.11. The number of amides is 1. The van der Waals surface area contributed by atoms with E-state index in [9.17, 15) is 4.79 Å². The van der Waals surface area contributed by atoms with Crippen molar-refractivity contribution in [2.24, 2.45) is 0 Å². The molecule has 2 aromatic carbocycles. The highest BCUT2D eigenvalue weighted by molar-refractivity contribution is 8.01. The number of aromatic nitrogens is 1. The van der Waals surface area contributed by atoms with Gasteiger partial charge in [0.2, 0.25) is 5.91 Å². The van der Waals surface area contributed by atoms with Crippen LogP contribution >= 0.6 is 69.5 Å². The van der Waals surface area contributed by atoms with Gasteiger partial charge < -0.3 is 5.32 Å². The molecule has 0 radical (unpaired) electrons. The number of aryl methyl sites for hydroxylation is 1. The summed E-state index contributed by atoms with van der Waals surface area (Å²) in [5.74, 6) is 0.0977. The fourth-order valence-electron chi connectivity index (χ4n) is 2.38. The van der Waals surface area contributed by atoms with Crippen molar-refractivity contribution in [1.82, 2.24) is 4.98 Å². The summed E-state index contributed by atoms with van der Waals surface area (Å²) in [7, 11) is 0. The number of hydrogen-bond donors (Lipinski definition) is 1. The van der Waals surface area contributed by atoms with Crippen LogP contribution in [0.1, 0.15) is 16.1 Å². The van der Waals surface area contributed by atoms with E-state index in [1.54, 1.807) is 41.7 Å². The number of nitrogens with zero attached hydrogens (tertiary/aromatic N) is 1. The Labute approximate surface area is 191 Å². The summed E-state index contributed by atoms with van der Waals surface area (Å²) in [6.07, 6.45) is 0.652. The van der Waals surface area contributed by atoms with Gasteiger partial charge in [-0.25, -0.2) is 4.98 Å². The van der Waals surface area contributed by atoms with Gasteiger partial charge in [0.1, 0.15) is 0 Å². The molecular formula is C19H14Cl4N2OS2. The highest BCUT2D eigenvalue weighted by Crippen LogP contribution is 2.31. The molecule has 0 saturated heterocycles. The van der Waals surface area contributed by atoms with E-state index in [1.807, 2.05) is 13.0 Å². The minimum absolute atomic E-state index is 0.143. The fraction of sp³-hybridized carbons (Fsp3) is 0.158. The molecule has 3 aromatic rings. The molecule has 0 bridgehead atoms. The third kappa shape index (κ3) is 5.78. The number of hydrogen-bond acceptors (Lipinski definition) is 4. The van der Waals surface area contributed by atoms with Crippen molar-refractivity contribution in [1.29, 1.82) is 0 Å². The molecule has 0 aliphatic heterocycles. The van der Waals surface area contributed by atoms with Crippen LogP contribution in [0.4, 0.5) is 5.69 Å². The standard InChI is InChI=1S/C19H14Cl4N2OS2/c1-10-17(7-11-6-12(20)2-4-14(11)21)28-19(24-10)27-9-18(26)25-13-3-5-15(22)16(23)8-13/h2-6,8H,7,9H2,1H3,(H,25,26). The molecule has 28 heavy (non-hydrogen) atoms. The predicted octanol–water partition coefficient (Wildman–Crippen LogP) is 7.39. The molecule has 1 N–H and O–H groups in total. The van der Waals surface area contributed by atoms with Crippen molar-refractivity contribution in [2.75, 3.05) is 11.1 Å². The predicted molar refractivity (Wildman–Crippen MR) is 122 cm³/mol. The number of carbonyl (C=O) groups is 1. The highest BCUT2D eigenvalue weighted by atomic mass is 35.5. The molecule has 0 saturated carbocycles.